The van der Waals surface area contributed by atoms with E-state index in [0.717, 1.165) is 46.0 Å². The van der Waals surface area contributed by atoms with Crippen LogP contribution in [0.15, 0.2) is 60.9 Å². The fourth-order valence-electron chi connectivity index (χ4n) is 3.75. The van der Waals surface area contributed by atoms with E-state index in [9.17, 15) is 5.11 Å². The van der Waals surface area contributed by atoms with Crippen molar-refractivity contribution in [2.24, 2.45) is 0 Å². The summed E-state index contributed by atoms with van der Waals surface area (Å²) in [7, 11) is 3.34. The van der Waals surface area contributed by atoms with Crippen LogP contribution in [0.5, 0.6) is 17.2 Å². The first-order valence-electron chi connectivity index (χ1n) is 9.95. The van der Waals surface area contributed by atoms with Gasteiger partial charge in [0.05, 0.1) is 14.2 Å². The van der Waals surface area contributed by atoms with E-state index in [2.05, 4.69) is 9.88 Å². The third-order valence-corrected chi connectivity index (χ3v) is 5.34. The first-order chi connectivity index (χ1) is 14.7. The maximum Gasteiger partial charge on any atom is 0.123 e. The molecule has 156 valence electrons. The van der Waals surface area contributed by atoms with E-state index in [1.54, 1.807) is 26.6 Å². The molecule has 1 atom stereocenters. The normalized spacial score (nSPS) is 14.9. The summed E-state index contributed by atoms with van der Waals surface area (Å²) >= 11 is 0. The van der Waals surface area contributed by atoms with E-state index >= 15 is 0 Å². The first kappa shape index (κ1) is 20.2. The van der Waals surface area contributed by atoms with Gasteiger partial charge in [0.15, 0.2) is 0 Å². The molecule has 1 aliphatic heterocycles. The molecule has 6 nitrogen and oxygen atoms in total. The van der Waals surface area contributed by atoms with Gasteiger partial charge in [0, 0.05) is 48.7 Å². The fraction of sp³-hybridized carbons (Fsp3) is 0.292. The van der Waals surface area contributed by atoms with Crippen LogP contribution in [0.1, 0.15) is 28.4 Å². The molecule has 0 bridgehead atoms. The molecule has 2 aromatic carbocycles. The van der Waals surface area contributed by atoms with Gasteiger partial charge in [0.25, 0.3) is 0 Å². The molecule has 0 saturated heterocycles. The minimum atomic E-state index is -0.723. The number of aromatic nitrogens is 1. The number of methoxy groups -OCH3 is 2. The molecular formula is C24H26N2O4. The van der Waals surface area contributed by atoms with E-state index in [4.69, 9.17) is 14.2 Å². The van der Waals surface area contributed by atoms with Crippen molar-refractivity contribution in [2.45, 2.75) is 19.2 Å². The molecule has 3 aromatic rings. The topological polar surface area (TPSA) is 64.1 Å². The summed E-state index contributed by atoms with van der Waals surface area (Å²) in [5.74, 6) is 2.50. The van der Waals surface area contributed by atoms with E-state index in [1.807, 2.05) is 48.5 Å². The van der Waals surface area contributed by atoms with Crippen LogP contribution >= 0.6 is 0 Å². The van der Waals surface area contributed by atoms with E-state index < -0.39 is 6.10 Å². The lowest BCUT2D eigenvalue weighted by Gasteiger charge is -2.21. The highest BCUT2D eigenvalue weighted by Gasteiger charge is 2.20. The number of aliphatic hydroxyl groups excluding tert-OH is 1. The number of aliphatic hydroxyl groups is 1. The molecule has 0 saturated carbocycles. The largest absolute Gasteiger partial charge is 0.497 e. The van der Waals surface area contributed by atoms with Crippen LogP contribution in [0.4, 0.5) is 0 Å². The average molecular weight is 406 g/mol. The van der Waals surface area contributed by atoms with Crippen molar-refractivity contribution in [1.29, 1.82) is 0 Å². The van der Waals surface area contributed by atoms with Crippen LogP contribution < -0.4 is 14.2 Å². The second-order valence-corrected chi connectivity index (χ2v) is 7.29. The molecule has 0 fully saturated rings. The molecule has 0 radical (unpaired) electrons. The summed E-state index contributed by atoms with van der Waals surface area (Å²) in [6.45, 7) is 2.81. The molecule has 1 unspecified atom stereocenters. The smallest absolute Gasteiger partial charge is 0.123 e. The molecule has 1 N–H and O–H groups in total. The van der Waals surface area contributed by atoms with Crippen LogP contribution in [-0.2, 0) is 13.1 Å². The van der Waals surface area contributed by atoms with Gasteiger partial charge < -0.3 is 19.3 Å². The lowest BCUT2D eigenvalue weighted by atomic mass is 10.00. The standard InChI is InChI=1S/C24H26N2O4/c1-28-21-6-8-22(29-2)20(13-21)16-26-10-11-30-23-7-5-17(12-19(23)15-26)24(27)18-4-3-9-25-14-18/h3-9,12-14,24,27H,10-11,15-16H2,1-2H3. The van der Waals surface area contributed by atoms with Crippen molar-refractivity contribution in [3.8, 4) is 17.2 Å². The summed E-state index contributed by atoms with van der Waals surface area (Å²) in [5, 5.41) is 10.8. The van der Waals surface area contributed by atoms with Gasteiger partial charge in [-0.05, 0) is 42.0 Å². The Morgan fingerprint density at radius 1 is 1.10 bits per heavy atom. The molecule has 6 heteroatoms. The predicted molar refractivity (Wildman–Crippen MR) is 114 cm³/mol. The summed E-state index contributed by atoms with van der Waals surface area (Å²) < 4.78 is 16.9. The number of fused-ring (bicyclic) bond motifs is 1. The highest BCUT2D eigenvalue weighted by Crippen LogP contribution is 2.31. The zero-order chi connectivity index (χ0) is 20.9. The summed E-state index contributed by atoms with van der Waals surface area (Å²) in [5.41, 5.74) is 3.71. The van der Waals surface area contributed by atoms with Crippen molar-refractivity contribution in [3.05, 3.63) is 83.2 Å². The summed E-state index contributed by atoms with van der Waals surface area (Å²) in [6.07, 6.45) is 2.67. The lowest BCUT2D eigenvalue weighted by molar-refractivity contribution is 0.216. The van der Waals surface area contributed by atoms with Crippen LogP contribution in [0.3, 0.4) is 0 Å². The van der Waals surface area contributed by atoms with Crippen LogP contribution in [0.25, 0.3) is 0 Å². The van der Waals surface area contributed by atoms with Crippen molar-refractivity contribution < 1.29 is 19.3 Å². The van der Waals surface area contributed by atoms with Gasteiger partial charge in [0.2, 0.25) is 0 Å². The molecule has 1 aliphatic rings. The van der Waals surface area contributed by atoms with Crippen molar-refractivity contribution in [2.75, 3.05) is 27.4 Å². The number of nitrogens with zero attached hydrogens (tertiary/aromatic N) is 2. The third-order valence-electron chi connectivity index (χ3n) is 5.34. The van der Waals surface area contributed by atoms with Crippen LogP contribution in [0, 0.1) is 0 Å². The van der Waals surface area contributed by atoms with Gasteiger partial charge in [-0.15, -0.1) is 0 Å². The van der Waals surface area contributed by atoms with Gasteiger partial charge >= 0.3 is 0 Å². The maximum atomic E-state index is 10.8. The number of rotatable bonds is 6. The van der Waals surface area contributed by atoms with Crippen LogP contribution in [-0.4, -0.2) is 42.4 Å². The highest BCUT2D eigenvalue weighted by molar-refractivity contribution is 5.42. The third kappa shape index (κ3) is 4.40. The molecule has 2 heterocycles. The maximum absolute atomic E-state index is 10.8. The number of ether oxygens (including phenoxy) is 3. The minimum absolute atomic E-state index is 0.601. The molecule has 30 heavy (non-hydrogen) atoms. The second-order valence-electron chi connectivity index (χ2n) is 7.29. The van der Waals surface area contributed by atoms with Crippen molar-refractivity contribution in [1.82, 2.24) is 9.88 Å². The van der Waals surface area contributed by atoms with Gasteiger partial charge in [-0.25, -0.2) is 0 Å². The van der Waals surface area contributed by atoms with Crippen molar-refractivity contribution in [3.63, 3.8) is 0 Å². The van der Waals surface area contributed by atoms with Gasteiger partial charge in [-0.1, -0.05) is 12.1 Å². The zero-order valence-corrected chi connectivity index (χ0v) is 17.2. The quantitative estimate of drug-likeness (QED) is 0.675. The summed E-state index contributed by atoms with van der Waals surface area (Å²) in [6, 6.07) is 15.4. The Hall–Kier alpha value is -3.09. The number of benzene rings is 2. The van der Waals surface area contributed by atoms with Gasteiger partial charge in [0.1, 0.15) is 30.0 Å². The van der Waals surface area contributed by atoms with Gasteiger partial charge in [-0.2, -0.15) is 0 Å². The first-order valence-corrected chi connectivity index (χ1v) is 9.95. The number of hydrogen-bond acceptors (Lipinski definition) is 6. The van der Waals surface area contributed by atoms with Gasteiger partial charge in [-0.3, -0.25) is 9.88 Å². The molecule has 0 amide bonds. The second kappa shape index (κ2) is 9.15. The Labute approximate surface area is 176 Å². The Bertz CT molecular complexity index is 994. The van der Waals surface area contributed by atoms with Crippen LogP contribution in [0.2, 0.25) is 0 Å². The monoisotopic (exact) mass is 406 g/mol. The summed E-state index contributed by atoms with van der Waals surface area (Å²) in [4.78, 5) is 6.42. The Kier molecular flexibility index (Phi) is 6.16. The zero-order valence-electron chi connectivity index (χ0n) is 17.2. The molecule has 0 aliphatic carbocycles. The molecule has 4 rings (SSSR count). The molecular weight excluding hydrogens is 380 g/mol. The molecule has 0 spiro atoms. The lowest BCUT2D eigenvalue weighted by Crippen LogP contribution is -2.25. The Morgan fingerprint density at radius 3 is 2.77 bits per heavy atom. The Balaban J connectivity index is 1.57. The minimum Gasteiger partial charge on any atom is -0.497 e. The van der Waals surface area contributed by atoms with E-state index in [-0.39, 0.29) is 0 Å². The van der Waals surface area contributed by atoms with E-state index in [1.165, 1.54) is 0 Å². The number of hydrogen-bond donors (Lipinski definition) is 1. The average Bonchev–Trinajstić information content (AvgIpc) is 3.00. The predicted octanol–water partition coefficient (Wildman–Crippen LogP) is 3.58. The fourth-order valence-corrected chi connectivity index (χ4v) is 3.75. The van der Waals surface area contributed by atoms with Crippen molar-refractivity contribution >= 4 is 0 Å². The Morgan fingerprint density at radius 2 is 2.00 bits per heavy atom. The highest BCUT2D eigenvalue weighted by atomic mass is 16.5. The number of pyridine rings is 1. The van der Waals surface area contributed by atoms with E-state index in [0.29, 0.717) is 19.7 Å². The SMILES string of the molecule is COc1ccc(OC)c(CN2CCOc3ccc(C(O)c4cccnc4)cc3C2)c1. The molecule has 1 aromatic heterocycles.